The quantitative estimate of drug-likeness (QED) is 0.492. The molecule has 0 radical (unpaired) electrons. The molecule has 10 heteroatoms. The summed E-state index contributed by atoms with van der Waals surface area (Å²) in [5.41, 5.74) is 0.667. The second kappa shape index (κ2) is 8.90. The van der Waals surface area contributed by atoms with Crippen molar-refractivity contribution < 1.29 is 24.2 Å². The fourth-order valence-electron chi connectivity index (χ4n) is 2.84. The zero-order valence-electron chi connectivity index (χ0n) is 17.5. The third-order valence-electron chi connectivity index (χ3n) is 4.06. The molecule has 3 N–H and O–H groups in total. The number of alkyl carbamates (subject to hydrolysis) is 1. The number of aromatic amines is 1. The Balaban J connectivity index is 1.67. The number of carbonyl (C=O) groups is 2. The van der Waals surface area contributed by atoms with E-state index in [0.717, 1.165) is 10.1 Å². The molecule has 0 saturated carbocycles. The van der Waals surface area contributed by atoms with Crippen molar-refractivity contribution >= 4 is 23.1 Å². The molecule has 0 bridgehead atoms. The summed E-state index contributed by atoms with van der Waals surface area (Å²) in [4.78, 5) is 41.5. The standard InChI is InChI=1S/C21H24N4O6/c1-21(2,3)31-20(29)22-7-8-30-15-6-4-5-13(9-15)16-10-14-11-25(12-17(26)27)19(28)24-18(14)23-16/h4-6,9-11H,7-8,12H2,1-3H3,(H,22,29)(H,26,27)(H,23,24,28). The van der Waals surface area contributed by atoms with Crippen molar-refractivity contribution in [2.75, 3.05) is 13.2 Å². The first-order valence-corrected chi connectivity index (χ1v) is 9.63. The van der Waals surface area contributed by atoms with E-state index < -0.39 is 29.9 Å². The van der Waals surface area contributed by atoms with Gasteiger partial charge >= 0.3 is 17.8 Å². The van der Waals surface area contributed by atoms with Gasteiger partial charge in [0, 0.05) is 22.8 Å². The van der Waals surface area contributed by atoms with Crippen molar-refractivity contribution in [2.24, 2.45) is 0 Å². The molecule has 164 valence electrons. The van der Waals surface area contributed by atoms with Crippen molar-refractivity contribution in [2.45, 2.75) is 32.9 Å². The highest BCUT2D eigenvalue weighted by Crippen LogP contribution is 2.25. The summed E-state index contributed by atoms with van der Waals surface area (Å²) >= 11 is 0. The lowest BCUT2D eigenvalue weighted by Crippen LogP contribution is -2.34. The average molecular weight is 428 g/mol. The van der Waals surface area contributed by atoms with E-state index in [0.29, 0.717) is 22.5 Å². The third-order valence-corrected chi connectivity index (χ3v) is 4.06. The predicted octanol–water partition coefficient (Wildman–Crippen LogP) is 2.38. The van der Waals surface area contributed by atoms with Gasteiger partial charge in [-0.25, -0.2) is 9.59 Å². The Labute approximate surface area is 177 Å². The molecule has 0 aliphatic rings. The number of nitrogens with one attached hydrogen (secondary N) is 2. The Kier molecular flexibility index (Phi) is 6.28. The van der Waals surface area contributed by atoms with Crippen LogP contribution in [-0.2, 0) is 16.1 Å². The van der Waals surface area contributed by atoms with Crippen LogP contribution in [0.3, 0.4) is 0 Å². The fraction of sp³-hybridized carbons (Fsp3) is 0.333. The SMILES string of the molecule is CC(C)(C)OC(=O)NCCOc1cccc(-c2cc3cn(CC(=O)O)c(=O)nc3[nH]2)c1. The molecule has 1 aromatic carbocycles. The van der Waals surface area contributed by atoms with Crippen molar-refractivity contribution in [3.8, 4) is 17.0 Å². The number of carboxylic acid groups (broad SMARTS) is 1. The van der Waals surface area contributed by atoms with Gasteiger partial charge in [0.2, 0.25) is 0 Å². The van der Waals surface area contributed by atoms with Crippen LogP contribution in [0.4, 0.5) is 4.79 Å². The number of carbonyl (C=O) groups excluding carboxylic acids is 1. The normalized spacial score (nSPS) is 11.3. The molecule has 2 aromatic heterocycles. The highest BCUT2D eigenvalue weighted by molar-refractivity contribution is 5.82. The number of benzene rings is 1. The maximum atomic E-state index is 11.9. The van der Waals surface area contributed by atoms with Crippen molar-refractivity contribution in [3.63, 3.8) is 0 Å². The van der Waals surface area contributed by atoms with E-state index in [-0.39, 0.29) is 13.2 Å². The minimum absolute atomic E-state index is 0.256. The number of hydrogen-bond donors (Lipinski definition) is 3. The van der Waals surface area contributed by atoms with Gasteiger partial charge in [-0.2, -0.15) is 4.98 Å². The number of aromatic nitrogens is 3. The summed E-state index contributed by atoms with van der Waals surface area (Å²) in [6.07, 6.45) is 0.954. The van der Waals surface area contributed by atoms with Gasteiger partial charge < -0.3 is 24.9 Å². The molecule has 10 nitrogen and oxygen atoms in total. The van der Waals surface area contributed by atoms with E-state index in [9.17, 15) is 14.4 Å². The molecule has 31 heavy (non-hydrogen) atoms. The lowest BCUT2D eigenvalue weighted by atomic mass is 10.1. The van der Waals surface area contributed by atoms with Crippen LogP contribution in [0.2, 0.25) is 0 Å². The van der Waals surface area contributed by atoms with Crippen LogP contribution in [0.1, 0.15) is 20.8 Å². The van der Waals surface area contributed by atoms with Crippen molar-refractivity contribution in [3.05, 3.63) is 47.0 Å². The van der Waals surface area contributed by atoms with Crippen LogP contribution in [-0.4, -0.2) is 50.5 Å². The summed E-state index contributed by atoms with van der Waals surface area (Å²) in [5.74, 6) is -0.523. The molecular weight excluding hydrogens is 404 g/mol. The maximum Gasteiger partial charge on any atom is 0.407 e. The Bertz CT molecular complexity index is 1160. The predicted molar refractivity (Wildman–Crippen MR) is 113 cm³/mol. The van der Waals surface area contributed by atoms with E-state index >= 15 is 0 Å². The zero-order valence-corrected chi connectivity index (χ0v) is 17.5. The Hall–Kier alpha value is -3.82. The van der Waals surface area contributed by atoms with Gasteiger partial charge in [0.1, 0.15) is 30.1 Å². The molecule has 3 aromatic rings. The second-order valence-electron chi connectivity index (χ2n) is 7.84. The number of aliphatic carboxylic acids is 1. The second-order valence-corrected chi connectivity index (χ2v) is 7.84. The maximum absolute atomic E-state index is 11.9. The third kappa shape index (κ3) is 6.08. The number of ether oxygens (including phenoxy) is 2. The molecule has 0 saturated heterocycles. The zero-order chi connectivity index (χ0) is 22.6. The van der Waals surface area contributed by atoms with Crippen LogP contribution in [0.25, 0.3) is 22.3 Å². The molecule has 0 atom stereocenters. The first kappa shape index (κ1) is 21.9. The van der Waals surface area contributed by atoms with E-state index in [4.69, 9.17) is 14.6 Å². The van der Waals surface area contributed by atoms with Crippen LogP contribution in [0.15, 0.2) is 41.3 Å². The van der Waals surface area contributed by atoms with Gasteiger partial charge in [0.25, 0.3) is 0 Å². The molecule has 3 rings (SSSR count). The molecule has 0 unspecified atom stereocenters. The number of H-pyrrole nitrogens is 1. The molecular formula is C21H24N4O6. The first-order chi connectivity index (χ1) is 14.6. The van der Waals surface area contributed by atoms with Gasteiger partial charge in [0.15, 0.2) is 0 Å². The number of rotatable bonds is 7. The lowest BCUT2D eigenvalue weighted by molar-refractivity contribution is -0.137. The number of fused-ring (bicyclic) bond motifs is 1. The van der Waals surface area contributed by atoms with Crippen LogP contribution in [0, 0.1) is 0 Å². The van der Waals surface area contributed by atoms with Crippen LogP contribution >= 0.6 is 0 Å². The van der Waals surface area contributed by atoms with Crippen molar-refractivity contribution in [1.82, 2.24) is 19.9 Å². The highest BCUT2D eigenvalue weighted by atomic mass is 16.6. The van der Waals surface area contributed by atoms with Crippen molar-refractivity contribution in [1.29, 1.82) is 0 Å². The minimum atomic E-state index is -1.12. The molecule has 2 heterocycles. The number of carboxylic acids is 1. The van der Waals surface area contributed by atoms with E-state index in [1.807, 2.05) is 18.2 Å². The number of amides is 1. The Morgan fingerprint density at radius 2 is 2.03 bits per heavy atom. The number of hydrogen-bond acceptors (Lipinski definition) is 6. The summed E-state index contributed by atoms with van der Waals surface area (Å²) in [6, 6.07) is 9.05. The minimum Gasteiger partial charge on any atom is -0.492 e. The van der Waals surface area contributed by atoms with E-state index in [1.54, 1.807) is 32.9 Å². The van der Waals surface area contributed by atoms with E-state index in [1.165, 1.54) is 6.20 Å². The smallest absolute Gasteiger partial charge is 0.407 e. The summed E-state index contributed by atoms with van der Waals surface area (Å²) in [7, 11) is 0. The Morgan fingerprint density at radius 1 is 1.26 bits per heavy atom. The molecule has 0 aliphatic carbocycles. The Morgan fingerprint density at radius 3 is 2.74 bits per heavy atom. The van der Waals surface area contributed by atoms with E-state index in [2.05, 4.69) is 15.3 Å². The highest BCUT2D eigenvalue weighted by Gasteiger charge is 2.15. The monoisotopic (exact) mass is 428 g/mol. The van der Waals surface area contributed by atoms with Gasteiger partial charge in [0.05, 0.1) is 6.54 Å². The lowest BCUT2D eigenvalue weighted by Gasteiger charge is -2.19. The number of nitrogens with zero attached hydrogens (tertiary/aromatic N) is 2. The van der Waals surface area contributed by atoms with Gasteiger partial charge in [-0.3, -0.25) is 9.36 Å². The van der Waals surface area contributed by atoms with Gasteiger partial charge in [-0.05, 0) is 39.0 Å². The first-order valence-electron chi connectivity index (χ1n) is 9.63. The molecule has 0 aliphatic heterocycles. The summed E-state index contributed by atoms with van der Waals surface area (Å²) < 4.78 is 11.9. The largest absolute Gasteiger partial charge is 0.492 e. The summed E-state index contributed by atoms with van der Waals surface area (Å²) in [6.45, 7) is 5.45. The van der Waals surface area contributed by atoms with Crippen LogP contribution < -0.4 is 15.7 Å². The average Bonchev–Trinajstić information content (AvgIpc) is 3.07. The van der Waals surface area contributed by atoms with Crippen LogP contribution in [0.5, 0.6) is 5.75 Å². The summed E-state index contributed by atoms with van der Waals surface area (Å²) in [5, 5.41) is 12.1. The topological polar surface area (TPSA) is 136 Å². The molecule has 1 amide bonds. The molecule has 0 fully saturated rings. The van der Waals surface area contributed by atoms with Gasteiger partial charge in [-0.15, -0.1) is 0 Å². The van der Waals surface area contributed by atoms with Gasteiger partial charge in [-0.1, -0.05) is 12.1 Å². The molecule has 0 spiro atoms. The fourth-order valence-corrected chi connectivity index (χ4v) is 2.84.